The topological polar surface area (TPSA) is 55.8 Å². The van der Waals surface area contributed by atoms with E-state index in [2.05, 4.69) is 19.6 Å². The summed E-state index contributed by atoms with van der Waals surface area (Å²) in [6.45, 7) is 11.1. The van der Waals surface area contributed by atoms with Crippen LogP contribution < -0.4 is 0 Å². The second-order valence-electron chi connectivity index (χ2n) is 5.65. The van der Waals surface area contributed by atoms with Gasteiger partial charge in [0, 0.05) is 12.5 Å². The average Bonchev–Trinajstić information content (AvgIpc) is 2.85. The van der Waals surface area contributed by atoms with Crippen molar-refractivity contribution in [2.75, 3.05) is 13.2 Å². The van der Waals surface area contributed by atoms with Gasteiger partial charge in [-0.05, 0) is 45.6 Å². The average molecular weight is 294 g/mol. The smallest absolute Gasteiger partial charge is 0.328 e. The highest BCUT2D eigenvalue weighted by molar-refractivity contribution is 5.80. The lowest BCUT2D eigenvalue weighted by molar-refractivity contribution is -0.131. The van der Waals surface area contributed by atoms with Crippen molar-refractivity contribution in [3.05, 3.63) is 35.5 Å². The first-order valence-corrected chi connectivity index (χ1v) is 7.35. The maximum atomic E-state index is 10.5. The molecule has 0 aromatic rings. The highest BCUT2D eigenvalue weighted by Crippen LogP contribution is 2.32. The van der Waals surface area contributed by atoms with Crippen molar-refractivity contribution in [3.8, 4) is 0 Å². The Hall–Kier alpha value is -1.39. The monoisotopic (exact) mass is 294 g/mol. The first kappa shape index (κ1) is 17.7. The minimum absolute atomic E-state index is 0.617. The Morgan fingerprint density at radius 3 is 2.33 bits per heavy atom. The van der Waals surface area contributed by atoms with Crippen LogP contribution >= 0.6 is 0 Å². The van der Waals surface area contributed by atoms with Crippen LogP contribution in [0.1, 0.15) is 46.5 Å². The quantitative estimate of drug-likeness (QED) is 0.546. The summed E-state index contributed by atoms with van der Waals surface area (Å²) in [6.07, 6.45) is 6.69. The fourth-order valence-corrected chi connectivity index (χ4v) is 2.35. The van der Waals surface area contributed by atoms with E-state index in [9.17, 15) is 4.79 Å². The van der Waals surface area contributed by atoms with E-state index in [1.165, 1.54) is 11.6 Å². The molecule has 1 fully saturated rings. The third-order valence-electron chi connectivity index (χ3n) is 3.65. The Kier molecular flexibility index (Phi) is 6.85. The summed E-state index contributed by atoms with van der Waals surface area (Å²) in [5.74, 6) is -1.50. The fraction of sp³-hybridized carbons (Fsp3) is 0.588. The Balaban J connectivity index is 2.42. The second kappa shape index (κ2) is 8.15. The van der Waals surface area contributed by atoms with Crippen LogP contribution in [0.4, 0.5) is 0 Å². The third kappa shape index (κ3) is 5.86. The number of ether oxygens (including phenoxy) is 2. The number of aliphatic carboxylic acids is 1. The van der Waals surface area contributed by atoms with Crippen LogP contribution in [0.2, 0.25) is 0 Å². The van der Waals surface area contributed by atoms with Crippen LogP contribution in [0.5, 0.6) is 0 Å². The van der Waals surface area contributed by atoms with Gasteiger partial charge in [-0.1, -0.05) is 23.8 Å². The molecule has 0 radical (unpaired) electrons. The molecular weight excluding hydrogens is 268 g/mol. The molecule has 0 aromatic heterocycles. The first-order valence-electron chi connectivity index (χ1n) is 7.35. The van der Waals surface area contributed by atoms with Crippen molar-refractivity contribution in [1.29, 1.82) is 0 Å². The molecular formula is C17H26O4. The summed E-state index contributed by atoms with van der Waals surface area (Å²) in [5, 5.41) is 8.65. The van der Waals surface area contributed by atoms with E-state index in [1.54, 1.807) is 0 Å². The molecule has 0 bridgehead atoms. The lowest BCUT2D eigenvalue weighted by Crippen LogP contribution is -2.31. The van der Waals surface area contributed by atoms with Crippen LogP contribution in [0, 0.1) is 0 Å². The molecule has 0 saturated carbocycles. The Labute approximate surface area is 127 Å². The maximum Gasteiger partial charge on any atom is 0.328 e. The standard InChI is InChI=1S/C17H26O4/c1-13(2)17(20-10-11-21-17)9-8-14(3)6-5-7-15(4)12-16(18)19/h6,12H,1,5,7-11H2,2-4H3,(H,18,19)/b14-6+,15-12+. The largest absolute Gasteiger partial charge is 0.478 e. The zero-order valence-electron chi connectivity index (χ0n) is 13.3. The highest BCUT2D eigenvalue weighted by Gasteiger charge is 2.36. The maximum absolute atomic E-state index is 10.5. The molecule has 1 heterocycles. The van der Waals surface area contributed by atoms with Gasteiger partial charge in [-0.2, -0.15) is 0 Å². The van der Waals surface area contributed by atoms with Crippen LogP contribution in [0.15, 0.2) is 35.5 Å². The number of rotatable bonds is 8. The minimum Gasteiger partial charge on any atom is -0.478 e. The van der Waals surface area contributed by atoms with Gasteiger partial charge in [0.1, 0.15) is 0 Å². The highest BCUT2D eigenvalue weighted by atomic mass is 16.7. The number of hydrogen-bond acceptors (Lipinski definition) is 3. The molecule has 1 aliphatic heterocycles. The van der Waals surface area contributed by atoms with E-state index in [4.69, 9.17) is 14.6 Å². The third-order valence-corrected chi connectivity index (χ3v) is 3.65. The van der Waals surface area contributed by atoms with Gasteiger partial charge in [-0.25, -0.2) is 4.79 Å². The number of carbonyl (C=O) groups is 1. The summed E-state index contributed by atoms with van der Waals surface area (Å²) in [5.41, 5.74) is 3.05. The summed E-state index contributed by atoms with van der Waals surface area (Å²) < 4.78 is 11.4. The van der Waals surface area contributed by atoms with E-state index < -0.39 is 11.8 Å². The molecule has 0 aliphatic carbocycles. The summed E-state index contributed by atoms with van der Waals surface area (Å²) in [4.78, 5) is 10.5. The summed E-state index contributed by atoms with van der Waals surface area (Å²) in [6, 6.07) is 0. The second-order valence-corrected chi connectivity index (χ2v) is 5.65. The molecule has 1 aliphatic rings. The zero-order chi connectivity index (χ0) is 15.9. The normalized spacial score (nSPS) is 18.8. The van der Waals surface area contributed by atoms with Gasteiger partial charge in [0.2, 0.25) is 0 Å². The van der Waals surface area contributed by atoms with Crippen molar-refractivity contribution >= 4 is 5.97 Å². The Morgan fingerprint density at radius 1 is 1.19 bits per heavy atom. The number of carboxylic acids is 1. The molecule has 1 rings (SSSR count). The molecule has 0 amide bonds. The molecule has 0 aromatic carbocycles. The number of hydrogen-bond donors (Lipinski definition) is 1. The molecule has 4 nitrogen and oxygen atoms in total. The Bertz CT molecular complexity index is 440. The summed E-state index contributed by atoms with van der Waals surface area (Å²) >= 11 is 0. The molecule has 21 heavy (non-hydrogen) atoms. The van der Waals surface area contributed by atoms with E-state index in [0.29, 0.717) is 13.2 Å². The van der Waals surface area contributed by atoms with Gasteiger partial charge >= 0.3 is 5.97 Å². The van der Waals surface area contributed by atoms with E-state index in [-0.39, 0.29) is 0 Å². The van der Waals surface area contributed by atoms with E-state index in [0.717, 1.165) is 36.8 Å². The number of carboxylic acid groups (broad SMARTS) is 1. The SMILES string of the molecule is C=C(C)C1(CC/C(C)=C/CC/C(C)=C/C(=O)O)OCCO1. The van der Waals surface area contributed by atoms with Gasteiger partial charge in [-0.15, -0.1) is 0 Å². The molecule has 0 unspecified atom stereocenters. The van der Waals surface area contributed by atoms with Gasteiger partial charge in [-0.3, -0.25) is 0 Å². The minimum atomic E-state index is -0.882. The lowest BCUT2D eigenvalue weighted by atomic mass is 9.99. The molecule has 118 valence electrons. The van der Waals surface area contributed by atoms with Crippen molar-refractivity contribution in [2.24, 2.45) is 0 Å². The molecule has 0 spiro atoms. The van der Waals surface area contributed by atoms with E-state index in [1.807, 2.05) is 13.8 Å². The lowest BCUT2D eigenvalue weighted by Gasteiger charge is -2.28. The zero-order valence-corrected chi connectivity index (χ0v) is 13.3. The van der Waals surface area contributed by atoms with Crippen molar-refractivity contribution in [1.82, 2.24) is 0 Å². The van der Waals surface area contributed by atoms with Gasteiger partial charge in [0.25, 0.3) is 0 Å². The van der Waals surface area contributed by atoms with Gasteiger partial charge in [0.05, 0.1) is 13.2 Å². The van der Waals surface area contributed by atoms with Crippen LogP contribution in [-0.4, -0.2) is 30.1 Å². The predicted molar refractivity (Wildman–Crippen MR) is 83.1 cm³/mol. The van der Waals surface area contributed by atoms with Gasteiger partial charge < -0.3 is 14.6 Å². The van der Waals surface area contributed by atoms with Gasteiger partial charge in [0.15, 0.2) is 5.79 Å². The van der Waals surface area contributed by atoms with Crippen molar-refractivity contribution in [3.63, 3.8) is 0 Å². The first-order chi connectivity index (χ1) is 9.85. The Morgan fingerprint density at radius 2 is 1.81 bits per heavy atom. The fourth-order valence-electron chi connectivity index (χ4n) is 2.35. The van der Waals surface area contributed by atoms with Crippen LogP contribution in [0.3, 0.4) is 0 Å². The number of allylic oxidation sites excluding steroid dienone is 3. The summed E-state index contributed by atoms with van der Waals surface area (Å²) in [7, 11) is 0. The van der Waals surface area contributed by atoms with Crippen molar-refractivity contribution < 1.29 is 19.4 Å². The van der Waals surface area contributed by atoms with Crippen molar-refractivity contribution in [2.45, 2.75) is 52.2 Å². The predicted octanol–water partition coefficient (Wildman–Crippen LogP) is 3.84. The molecule has 1 N–H and O–H groups in total. The molecule has 0 atom stereocenters. The molecule has 4 heteroatoms. The van der Waals surface area contributed by atoms with Crippen LogP contribution in [-0.2, 0) is 14.3 Å². The molecule has 1 saturated heterocycles. The van der Waals surface area contributed by atoms with Crippen LogP contribution in [0.25, 0.3) is 0 Å². The van der Waals surface area contributed by atoms with E-state index >= 15 is 0 Å².